The average Bonchev–Trinajstić information content (AvgIpc) is 2.96. The molecule has 2 nitrogen and oxygen atoms in total. The molecule has 0 atom stereocenters. The van der Waals surface area contributed by atoms with Gasteiger partial charge >= 0.3 is 21.7 Å². The van der Waals surface area contributed by atoms with Crippen LogP contribution in [0, 0.1) is 6.92 Å². The van der Waals surface area contributed by atoms with Gasteiger partial charge in [0, 0.05) is 6.54 Å². The van der Waals surface area contributed by atoms with E-state index in [1.807, 2.05) is 24.3 Å². The van der Waals surface area contributed by atoms with Gasteiger partial charge in [0.05, 0.1) is 0 Å². The zero-order valence-corrected chi connectivity index (χ0v) is 18.2. The fourth-order valence-corrected chi connectivity index (χ4v) is 2.52. The summed E-state index contributed by atoms with van der Waals surface area (Å²) in [6.45, 7) is 5.09. The molecule has 2 aromatic carbocycles. The van der Waals surface area contributed by atoms with E-state index < -0.39 is 0 Å². The zero-order valence-electron chi connectivity index (χ0n) is 15.2. The summed E-state index contributed by atoms with van der Waals surface area (Å²) in [4.78, 5) is 2.20. The first-order valence-corrected chi connectivity index (χ1v) is 7.78. The van der Waals surface area contributed by atoms with Crippen molar-refractivity contribution in [2.45, 2.75) is 6.42 Å². The normalized spacial score (nSPS) is 11.7. The van der Waals surface area contributed by atoms with Crippen LogP contribution >= 0.6 is 0 Å². The molecule has 0 radical (unpaired) electrons. The number of benzene rings is 2. The maximum absolute atomic E-state index is 7.00. The molecule has 3 rings (SSSR count). The van der Waals surface area contributed by atoms with Gasteiger partial charge in [0.25, 0.3) is 0 Å². The van der Waals surface area contributed by atoms with Crippen LogP contribution in [0.15, 0.2) is 72.3 Å². The Bertz CT molecular complexity index is 698. The first-order chi connectivity index (χ1) is 11.1. The van der Waals surface area contributed by atoms with Crippen molar-refractivity contribution in [1.29, 1.82) is 0 Å². The monoisotopic (exact) mass is 422 g/mol. The van der Waals surface area contributed by atoms with Crippen molar-refractivity contribution in [3.63, 3.8) is 0 Å². The van der Waals surface area contributed by atoms with Crippen molar-refractivity contribution < 1.29 is 46.5 Å². The Labute approximate surface area is 185 Å². The van der Waals surface area contributed by atoms with Crippen LogP contribution in [0.5, 0.6) is 0 Å². The molecule has 0 aliphatic heterocycles. The maximum Gasteiger partial charge on any atom is 2.00 e. The number of nitrogens with one attached hydrogen (secondary N) is 1. The first-order valence-electron chi connectivity index (χ1n) is 7.78. The molecule has 0 saturated heterocycles. The van der Waals surface area contributed by atoms with Crippen LogP contribution in [-0.2, 0) is 21.7 Å². The molecule has 0 unspecified atom stereocenters. The Morgan fingerprint density at radius 2 is 1.54 bits per heavy atom. The van der Waals surface area contributed by atoms with Crippen LogP contribution in [0.2, 0.25) is 0 Å². The summed E-state index contributed by atoms with van der Waals surface area (Å²) in [7, 11) is 4.20. The number of allylic oxidation sites excluding steroid dienone is 2. The van der Waals surface area contributed by atoms with Gasteiger partial charge in [-0.05, 0) is 26.1 Å². The third kappa shape index (κ3) is 8.98. The minimum Gasteiger partial charge on any atom is -1.00 e. The van der Waals surface area contributed by atoms with Gasteiger partial charge in [0.2, 0.25) is 0 Å². The molecule has 0 amide bonds. The molecular weight excluding hydrogens is 399 g/mol. The third-order valence-corrected chi connectivity index (χ3v) is 3.58. The summed E-state index contributed by atoms with van der Waals surface area (Å²) in [5.41, 5.74) is 12.8. The molecule has 1 aliphatic rings. The smallest absolute Gasteiger partial charge is 1.00 e. The van der Waals surface area contributed by atoms with E-state index in [4.69, 9.17) is 5.73 Å². The second kappa shape index (κ2) is 14.0. The second-order valence-electron chi connectivity index (χ2n) is 5.91. The van der Waals surface area contributed by atoms with Crippen molar-refractivity contribution in [1.82, 2.24) is 4.90 Å². The van der Waals surface area contributed by atoms with E-state index >= 15 is 0 Å². The Morgan fingerprint density at radius 1 is 0.962 bits per heavy atom. The SMILES string of the molecule is [CH2-]c1ccccc1C1=CC(CN(C)C)=CC1.[Cl-].[Cl-].[NH-]c1ccccc1.[Ti+2]. The van der Waals surface area contributed by atoms with Gasteiger partial charge < -0.3 is 35.4 Å². The Morgan fingerprint density at radius 3 is 2.04 bits per heavy atom. The van der Waals surface area contributed by atoms with Crippen LogP contribution in [0.1, 0.15) is 17.5 Å². The summed E-state index contributed by atoms with van der Waals surface area (Å²) in [6.07, 6.45) is 5.64. The number of halogens is 2. The van der Waals surface area contributed by atoms with Gasteiger partial charge in [-0.25, -0.2) is 0 Å². The van der Waals surface area contributed by atoms with Crippen molar-refractivity contribution in [2.75, 3.05) is 20.6 Å². The minimum atomic E-state index is 0. The topological polar surface area (TPSA) is 27.0 Å². The van der Waals surface area contributed by atoms with E-state index in [0.29, 0.717) is 5.69 Å². The number of hydrogen-bond donors (Lipinski definition) is 0. The number of rotatable bonds is 3. The molecule has 5 heteroatoms. The number of nitrogens with zero attached hydrogens (tertiary/aromatic N) is 1. The van der Waals surface area contributed by atoms with Gasteiger partial charge in [0.15, 0.2) is 0 Å². The summed E-state index contributed by atoms with van der Waals surface area (Å²) >= 11 is 0. The molecular formula is C21H24Cl2N2Ti-2. The summed E-state index contributed by atoms with van der Waals surface area (Å²) in [6, 6.07) is 17.4. The quantitative estimate of drug-likeness (QED) is 0.484. The predicted molar refractivity (Wildman–Crippen MR) is 101 cm³/mol. The third-order valence-electron chi connectivity index (χ3n) is 3.58. The molecule has 0 fully saturated rings. The molecule has 0 spiro atoms. The predicted octanol–water partition coefficient (Wildman–Crippen LogP) is -0.480. The van der Waals surface area contributed by atoms with E-state index in [9.17, 15) is 0 Å². The van der Waals surface area contributed by atoms with Gasteiger partial charge in [0.1, 0.15) is 0 Å². The van der Waals surface area contributed by atoms with Crippen molar-refractivity contribution >= 4 is 11.3 Å². The maximum atomic E-state index is 7.00. The van der Waals surface area contributed by atoms with Crippen LogP contribution in [0.3, 0.4) is 0 Å². The zero-order chi connectivity index (χ0) is 16.7. The molecule has 0 bridgehead atoms. The molecule has 0 aromatic heterocycles. The molecule has 0 saturated carbocycles. The second-order valence-corrected chi connectivity index (χ2v) is 5.91. The molecule has 2 aromatic rings. The van der Waals surface area contributed by atoms with Crippen LogP contribution in [-0.4, -0.2) is 25.5 Å². The molecule has 138 valence electrons. The Hall–Kier alpha value is -1.16. The first kappa shape index (κ1) is 27.1. The van der Waals surface area contributed by atoms with Crippen molar-refractivity contribution in [3.05, 3.63) is 96.1 Å². The van der Waals surface area contributed by atoms with Gasteiger partial charge in [-0.15, -0.1) is 23.4 Å². The summed E-state index contributed by atoms with van der Waals surface area (Å²) in [5, 5.41) is 0. The Balaban J connectivity index is 0. The van der Waals surface area contributed by atoms with Crippen LogP contribution in [0.4, 0.5) is 5.69 Å². The summed E-state index contributed by atoms with van der Waals surface area (Å²) in [5.74, 6) is 0. The van der Waals surface area contributed by atoms with Crippen LogP contribution < -0.4 is 24.8 Å². The molecule has 26 heavy (non-hydrogen) atoms. The fourth-order valence-electron chi connectivity index (χ4n) is 2.52. The van der Waals surface area contributed by atoms with E-state index in [2.05, 4.69) is 56.3 Å². The number of likely N-dealkylation sites (N-methyl/N-ethyl adjacent to an activating group) is 1. The average molecular weight is 423 g/mol. The molecule has 1 N–H and O–H groups in total. The fraction of sp³-hybridized carbons (Fsp3) is 0.190. The van der Waals surface area contributed by atoms with Gasteiger partial charge in [-0.1, -0.05) is 54.1 Å². The van der Waals surface area contributed by atoms with Gasteiger partial charge in [-0.3, -0.25) is 0 Å². The van der Waals surface area contributed by atoms with E-state index in [1.165, 1.54) is 16.7 Å². The molecule has 1 aliphatic carbocycles. The van der Waals surface area contributed by atoms with Crippen LogP contribution in [0.25, 0.3) is 11.3 Å². The van der Waals surface area contributed by atoms with Gasteiger partial charge in [-0.2, -0.15) is 18.6 Å². The van der Waals surface area contributed by atoms with E-state index in [1.54, 1.807) is 12.1 Å². The molecule has 0 heterocycles. The van der Waals surface area contributed by atoms with E-state index in [0.717, 1.165) is 18.5 Å². The van der Waals surface area contributed by atoms with E-state index in [-0.39, 0.29) is 46.5 Å². The summed E-state index contributed by atoms with van der Waals surface area (Å²) < 4.78 is 0. The Kier molecular flexibility index (Phi) is 14.5. The van der Waals surface area contributed by atoms with Crippen molar-refractivity contribution in [3.8, 4) is 0 Å². The largest absolute Gasteiger partial charge is 2.00 e. The van der Waals surface area contributed by atoms with Crippen molar-refractivity contribution in [2.24, 2.45) is 0 Å². The number of hydrogen-bond acceptors (Lipinski definition) is 1. The standard InChI is InChI=1S/C15H18N.C6H6N.2ClH.Ti/c1-12-6-4-5-7-15(12)14-9-8-13(10-14)11-16(2)3;7-6-4-2-1-3-5-6;;;/h4-8,10H,1,9,11H2,2-3H3;1-5,7H;2*1H;/q2*-1;;;+2/p-2. The minimum absolute atomic E-state index is 0.